The molecule has 1 aliphatic rings. The van der Waals surface area contributed by atoms with E-state index in [2.05, 4.69) is 39.1 Å². The lowest BCUT2D eigenvalue weighted by Gasteiger charge is -2.27. The molecular weight excluding hydrogens is 404 g/mol. The number of rotatable bonds is 9. The van der Waals surface area contributed by atoms with E-state index in [1.54, 1.807) is 11.8 Å². The summed E-state index contributed by atoms with van der Waals surface area (Å²) in [5.74, 6) is 1.12. The molecule has 2 atom stereocenters. The normalized spacial score (nSPS) is 17.3. The zero-order valence-corrected chi connectivity index (χ0v) is 19.9. The molecule has 5 heteroatoms. The zero-order chi connectivity index (χ0) is 22.4. The molecule has 0 aromatic heterocycles. The van der Waals surface area contributed by atoms with Crippen LogP contribution in [-0.4, -0.2) is 17.6 Å². The van der Waals surface area contributed by atoms with Crippen LogP contribution in [0.2, 0.25) is 0 Å². The van der Waals surface area contributed by atoms with Crippen LogP contribution >= 0.6 is 11.8 Å². The number of thioether (sulfide) groups is 1. The molecule has 1 N–H and O–H groups in total. The largest absolute Gasteiger partial charge is 0.326 e. The van der Waals surface area contributed by atoms with Gasteiger partial charge in [-0.05, 0) is 48.1 Å². The third-order valence-electron chi connectivity index (χ3n) is 5.92. The molecule has 2 aromatic rings. The van der Waals surface area contributed by atoms with Crippen molar-refractivity contribution in [3.05, 3.63) is 59.7 Å². The fraction of sp³-hybridized carbons (Fsp3) is 0.462. The summed E-state index contributed by atoms with van der Waals surface area (Å²) in [6.07, 6.45) is 3.97. The number of nitrogens with zero attached hydrogens (tertiary/aromatic N) is 1. The molecule has 1 aliphatic heterocycles. The maximum absolute atomic E-state index is 12.8. The van der Waals surface area contributed by atoms with E-state index in [4.69, 9.17) is 0 Å². The molecule has 0 aliphatic carbocycles. The predicted molar refractivity (Wildman–Crippen MR) is 132 cm³/mol. The van der Waals surface area contributed by atoms with Gasteiger partial charge in [-0.3, -0.25) is 14.5 Å². The molecule has 0 bridgehead atoms. The van der Waals surface area contributed by atoms with Crippen molar-refractivity contribution < 1.29 is 9.59 Å². The monoisotopic (exact) mass is 438 g/mol. The summed E-state index contributed by atoms with van der Waals surface area (Å²) in [4.78, 5) is 27.3. The van der Waals surface area contributed by atoms with Crippen molar-refractivity contribution in [3.8, 4) is 0 Å². The van der Waals surface area contributed by atoms with Gasteiger partial charge in [0.25, 0.3) is 0 Å². The summed E-state index contributed by atoms with van der Waals surface area (Å²) in [7, 11) is 0. The topological polar surface area (TPSA) is 49.4 Å². The molecule has 2 amide bonds. The van der Waals surface area contributed by atoms with Gasteiger partial charge in [-0.1, -0.05) is 70.9 Å². The van der Waals surface area contributed by atoms with Crippen LogP contribution in [0.1, 0.15) is 75.8 Å². The van der Waals surface area contributed by atoms with Crippen molar-refractivity contribution in [2.75, 3.05) is 16.0 Å². The average Bonchev–Trinajstić information content (AvgIpc) is 3.16. The minimum Gasteiger partial charge on any atom is -0.326 e. The first kappa shape index (κ1) is 23.4. The number of carbonyl (C=O) groups is 2. The Hall–Kier alpha value is -2.27. The fourth-order valence-electron chi connectivity index (χ4n) is 4.07. The first-order chi connectivity index (χ1) is 15.0. The number of unbranched alkanes of at least 4 members (excludes halogenated alkanes) is 1. The quantitative estimate of drug-likeness (QED) is 0.471. The van der Waals surface area contributed by atoms with E-state index in [1.807, 2.05) is 47.4 Å². The number of carbonyl (C=O) groups excluding carboxylic acids is 2. The third-order valence-corrected chi connectivity index (χ3v) is 7.13. The number of nitrogens with one attached hydrogen (secondary N) is 1. The number of hydrogen-bond donors (Lipinski definition) is 1. The minimum atomic E-state index is -0.0508. The van der Waals surface area contributed by atoms with E-state index >= 15 is 0 Å². The molecule has 0 unspecified atom stereocenters. The van der Waals surface area contributed by atoms with E-state index in [9.17, 15) is 9.59 Å². The van der Waals surface area contributed by atoms with Crippen molar-refractivity contribution in [2.24, 2.45) is 5.92 Å². The number of amides is 2. The van der Waals surface area contributed by atoms with Crippen LogP contribution in [0.5, 0.6) is 0 Å². The first-order valence-electron chi connectivity index (χ1n) is 11.4. The Labute approximate surface area is 190 Å². The van der Waals surface area contributed by atoms with E-state index in [0.29, 0.717) is 11.7 Å². The molecular formula is C26H34N2O2S. The van der Waals surface area contributed by atoms with E-state index in [-0.39, 0.29) is 23.1 Å². The number of para-hydroxylation sites is 1. The maximum Gasteiger partial charge on any atom is 0.238 e. The summed E-state index contributed by atoms with van der Waals surface area (Å²) < 4.78 is 0. The van der Waals surface area contributed by atoms with Gasteiger partial charge in [-0.2, -0.15) is 0 Å². The highest BCUT2D eigenvalue weighted by molar-refractivity contribution is 8.00. The van der Waals surface area contributed by atoms with Gasteiger partial charge in [0.1, 0.15) is 5.37 Å². The van der Waals surface area contributed by atoms with E-state index in [1.165, 1.54) is 5.56 Å². The second kappa shape index (κ2) is 10.9. The lowest BCUT2D eigenvalue weighted by Crippen LogP contribution is -2.29. The van der Waals surface area contributed by atoms with Crippen LogP contribution in [0.25, 0.3) is 0 Å². The summed E-state index contributed by atoms with van der Waals surface area (Å²) in [6, 6.07) is 16.1. The summed E-state index contributed by atoms with van der Waals surface area (Å²) in [5, 5.41) is 3.02. The molecule has 3 rings (SSSR count). The van der Waals surface area contributed by atoms with Gasteiger partial charge in [0, 0.05) is 17.3 Å². The Bertz CT molecular complexity index is 895. The molecule has 2 aromatic carbocycles. The summed E-state index contributed by atoms with van der Waals surface area (Å²) in [6.45, 7) is 8.53. The molecule has 4 nitrogen and oxygen atoms in total. The average molecular weight is 439 g/mol. The molecule has 1 saturated heterocycles. The lowest BCUT2D eigenvalue weighted by molar-refractivity contribution is -0.120. The Morgan fingerprint density at radius 3 is 2.48 bits per heavy atom. The van der Waals surface area contributed by atoms with Crippen molar-refractivity contribution >= 4 is 35.0 Å². The summed E-state index contributed by atoms with van der Waals surface area (Å²) in [5.41, 5.74) is 4.07. The van der Waals surface area contributed by atoms with Gasteiger partial charge >= 0.3 is 0 Å². The van der Waals surface area contributed by atoms with Crippen molar-refractivity contribution in [1.29, 1.82) is 0 Å². The third kappa shape index (κ3) is 5.51. The van der Waals surface area contributed by atoms with Gasteiger partial charge in [0.05, 0.1) is 5.75 Å². The molecule has 166 valence electrons. The Balaban J connectivity index is 1.77. The van der Waals surface area contributed by atoms with Crippen LogP contribution in [0, 0.1) is 5.92 Å². The highest BCUT2D eigenvalue weighted by Gasteiger charge is 2.35. The highest BCUT2D eigenvalue weighted by Crippen LogP contribution is 2.44. The van der Waals surface area contributed by atoms with Crippen LogP contribution in [0.4, 0.5) is 11.4 Å². The molecule has 31 heavy (non-hydrogen) atoms. The molecule has 0 spiro atoms. The van der Waals surface area contributed by atoms with Crippen LogP contribution in [-0.2, 0) is 9.59 Å². The van der Waals surface area contributed by atoms with Gasteiger partial charge < -0.3 is 5.32 Å². The zero-order valence-electron chi connectivity index (χ0n) is 19.1. The molecule has 1 fully saturated rings. The second-order valence-corrected chi connectivity index (χ2v) is 9.57. The SMILES string of the molecule is CCCC[C@@H](CC)C(=O)Nc1ccc([C@H]2SCC(=O)N2c2ccccc2C(C)C)cc1. The maximum atomic E-state index is 12.8. The van der Waals surface area contributed by atoms with Gasteiger partial charge in [-0.25, -0.2) is 0 Å². The molecule has 0 saturated carbocycles. The van der Waals surface area contributed by atoms with E-state index < -0.39 is 0 Å². The molecule has 0 radical (unpaired) electrons. The lowest BCUT2D eigenvalue weighted by atomic mass is 9.98. The van der Waals surface area contributed by atoms with Gasteiger partial charge in [-0.15, -0.1) is 11.8 Å². The van der Waals surface area contributed by atoms with Crippen LogP contribution < -0.4 is 10.2 Å². The number of anilines is 2. The van der Waals surface area contributed by atoms with Crippen molar-refractivity contribution in [1.82, 2.24) is 0 Å². The van der Waals surface area contributed by atoms with Crippen molar-refractivity contribution in [3.63, 3.8) is 0 Å². The Kier molecular flexibility index (Phi) is 8.19. The smallest absolute Gasteiger partial charge is 0.238 e. The van der Waals surface area contributed by atoms with E-state index in [0.717, 1.165) is 42.6 Å². The number of benzene rings is 2. The van der Waals surface area contributed by atoms with Gasteiger partial charge in [0.15, 0.2) is 0 Å². The molecule has 1 heterocycles. The predicted octanol–water partition coefficient (Wildman–Crippen LogP) is 6.74. The second-order valence-electron chi connectivity index (χ2n) is 8.50. The standard InChI is InChI=1S/C26H34N2O2S/c1-5-7-10-19(6-2)25(30)27-21-15-13-20(14-16-21)26-28(24(29)17-31-26)23-12-9-8-11-22(23)18(3)4/h8-9,11-16,18-19,26H,5-7,10,17H2,1-4H3,(H,27,30)/t19-,26-/m1/s1. The Morgan fingerprint density at radius 2 is 1.84 bits per heavy atom. The van der Waals surface area contributed by atoms with Gasteiger partial charge in [0.2, 0.25) is 11.8 Å². The Morgan fingerprint density at radius 1 is 1.13 bits per heavy atom. The highest BCUT2D eigenvalue weighted by atomic mass is 32.2. The summed E-state index contributed by atoms with van der Waals surface area (Å²) >= 11 is 1.65. The fourth-order valence-corrected chi connectivity index (χ4v) is 5.24. The van der Waals surface area contributed by atoms with Crippen LogP contribution in [0.15, 0.2) is 48.5 Å². The number of hydrogen-bond acceptors (Lipinski definition) is 3. The first-order valence-corrected chi connectivity index (χ1v) is 12.4. The minimum absolute atomic E-state index is 0.0508. The van der Waals surface area contributed by atoms with Crippen LogP contribution in [0.3, 0.4) is 0 Å². The van der Waals surface area contributed by atoms with Crippen molar-refractivity contribution in [2.45, 2.75) is 64.7 Å².